The number of nitrogens with zero attached hydrogens (tertiary/aromatic N) is 3. The van der Waals surface area contributed by atoms with Crippen molar-refractivity contribution >= 4 is 23.2 Å². The fraction of sp³-hybridized carbons (Fsp3) is 0. The lowest BCUT2D eigenvalue weighted by Crippen LogP contribution is -2.01. The van der Waals surface area contributed by atoms with Crippen molar-refractivity contribution in [3.8, 4) is 34.0 Å². The number of benzene rings is 3. The molecule has 156 valence electrons. The van der Waals surface area contributed by atoms with Crippen LogP contribution in [-0.4, -0.2) is 25.7 Å². The van der Waals surface area contributed by atoms with Crippen LogP contribution in [0.4, 0.5) is 0 Å². The third-order valence-corrected chi connectivity index (χ3v) is 5.17. The molecule has 0 saturated heterocycles. The summed E-state index contributed by atoms with van der Waals surface area (Å²) in [5.41, 5.74) is 3.46. The molecule has 0 amide bonds. The fourth-order valence-electron chi connectivity index (χ4n) is 3.37. The van der Waals surface area contributed by atoms with E-state index in [1.165, 1.54) is 10.6 Å². The Kier molecular flexibility index (Phi) is 5.05. The highest BCUT2D eigenvalue weighted by atomic mass is 35.5. The average molecular weight is 442 g/mol. The van der Waals surface area contributed by atoms with E-state index in [2.05, 4.69) is 10.1 Å². The van der Waals surface area contributed by atoms with Gasteiger partial charge in [0.1, 0.15) is 11.5 Å². The Labute approximate surface area is 188 Å². The fourth-order valence-corrected chi connectivity index (χ4v) is 3.50. The maximum Gasteiger partial charge on any atom is 0.356 e. The maximum atomic E-state index is 11.5. The lowest BCUT2D eigenvalue weighted by molar-refractivity contribution is 0.0690. The molecule has 0 saturated carbocycles. The van der Waals surface area contributed by atoms with Crippen molar-refractivity contribution in [3.05, 3.63) is 102 Å². The Hall–Kier alpha value is -4.16. The number of fused-ring (bicyclic) bond motifs is 1. The zero-order valence-corrected chi connectivity index (χ0v) is 17.4. The highest BCUT2D eigenvalue weighted by Gasteiger charge is 2.16. The summed E-state index contributed by atoms with van der Waals surface area (Å²) >= 11 is 6.04. The molecule has 0 aliphatic rings. The van der Waals surface area contributed by atoms with Crippen molar-refractivity contribution in [2.24, 2.45) is 0 Å². The first-order chi connectivity index (χ1) is 15.6. The van der Waals surface area contributed by atoms with Gasteiger partial charge in [0.25, 0.3) is 0 Å². The number of ether oxygens (including phenoxy) is 1. The highest BCUT2D eigenvalue weighted by Crippen LogP contribution is 2.29. The van der Waals surface area contributed by atoms with E-state index in [9.17, 15) is 9.90 Å². The van der Waals surface area contributed by atoms with Crippen molar-refractivity contribution in [1.82, 2.24) is 14.6 Å². The van der Waals surface area contributed by atoms with Crippen molar-refractivity contribution in [1.29, 1.82) is 0 Å². The monoisotopic (exact) mass is 441 g/mol. The summed E-state index contributed by atoms with van der Waals surface area (Å²) in [7, 11) is 0. The van der Waals surface area contributed by atoms with Gasteiger partial charge in [-0.2, -0.15) is 5.10 Å². The molecule has 32 heavy (non-hydrogen) atoms. The van der Waals surface area contributed by atoms with E-state index in [0.717, 1.165) is 16.9 Å². The molecule has 2 heterocycles. The summed E-state index contributed by atoms with van der Waals surface area (Å²) in [6, 6.07) is 27.7. The molecule has 0 spiro atoms. The summed E-state index contributed by atoms with van der Waals surface area (Å²) in [5, 5.41) is 14.2. The second-order valence-corrected chi connectivity index (χ2v) is 7.51. The number of carboxylic acids is 1. The quantitative estimate of drug-likeness (QED) is 0.351. The number of aromatic carboxylic acids is 1. The first-order valence-electron chi connectivity index (χ1n) is 9.80. The van der Waals surface area contributed by atoms with Crippen LogP contribution in [0.2, 0.25) is 5.02 Å². The van der Waals surface area contributed by atoms with E-state index in [-0.39, 0.29) is 5.69 Å². The SMILES string of the molecule is O=C(O)c1cc2nc(-c3ccc(Oc4ccccc4)cc3)cc(-c3ccc(Cl)cc3)n2n1. The Balaban J connectivity index is 1.57. The van der Waals surface area contributed by atoms with Crippen LogP contribution < -0.4 is 4.74 Å². The van der Waals surface area contributed by atoms with Crippen molar-refractivity contribution in [2.75, 3.05) is 0 Å². The largest absolute Gasteiger partial charge is 0.476 e. The number of aromatic nitrogens is 3. The maximum absolute atomic E-state index is 11.5. The van der Waals surface area contributed by atoms with Gasteiger partial charge >= 0.3 is 5.97 Å². The van der Waals surface area contributed by atoms with Gasteiger partial charge in [0.05, 0.1) is 11.4 Å². The lowest BCUT2D eigenvalue weighted by atomic mass is 10.1. The predicted octanol–water partition coefficient (Wildman–Crippen LogP) is 6.21. The first kappa shape index (κ1) is 19.8. The molecule has 0 unspecified atom stereocenters. The van der Waals surface area contributed by atoms with Crippen LogP contribution in [0, 0.1) is 0 Å². The Morgan fingerprint density at radius 3 is 2.19 bits per heavy atom. The molecule has 1 N–H and O–H groups in total. The first-order valence-corrected chi connectivity index (χ1v) is 10.2. The minimum atomic E-state index is -1.11. The molecule has 5 rings (SSSR count). The van der Waals surface area contributed by atoms with Crippen LogP contribution >= 0.6 is 11.6 Å². The number of para-hydroxylation sites is 1. The second-order valence-electron chi connectivity index (χ2n) is 7.08. The molecule has 7 heteroatoms. The summed E-state index contributed by atoms with van der Waals surface area (Å²) in [4.78, 5) is 16.1. The Morgan fingerprint density at radius 2 is 1.50 bits per heavy atom. The summed E-state index contributed by atoms with van der Waals surface area (Å²) in [6.07, 6.45) is 0. The third kappa shape index (κ3) is 3.91. The number of hydrogen-bond acceptors (Lipinski definition) is 4. The third-order valence-electron chi connectivity index (χ3n) is 4.92. The van der Waals surface area contributed by atoms with Crippen molar-refractivity contribution < 1.29 is 14.6 Å². The average Bonchev–Trinajstić information content (AvgIpc) is 3.25. The number of rotatable bonds is 5. The Morgan fingerprint density at radius 1 is 0.844 bits per heavy atom. The highest BCUT2D eigenvalue weighted by molar-refractivity contribution is 6.30. The molecule has 5 aromatic rings. The minimum absolute atomic E-state index is 0.0727. The molecular formula is C25H16ClN3O3. The summed E-state index contributed by atoms with van der Waals surface area (Å²) in [6.45, 7) is 0. The van der Waals surface area contributed by atoms with E-state index in [4.69, 9.17) is 16.3 Å². The standard InChI is InChI=1S/C25H16ClN3O3/c26-18-10-6-17(7-11-18)23-14-21(27-24-15-22(25(30)31)28-29(23)24)16-8-12-20(13-9-16)32-19-4-2-1-3-5-19/h1-15H,(H,30,31). The number of hydrogen-bond donors (Lipinski definition) is 1. The molecular weight excluding hydrogens is 426 g/mol. The van der Waals surface area contributed by atoms with E-state index in [0.29, 0.717) is 27.8 Å². The smallest absolute Gasteiger partial charge is 0.356 e. The molecule has 0 aliphatic carbocycles. The van der Waals surface area contributed by atoms with Crippen LogP contribution in [0.3, 0.4) is 0 Å². The van der Waals surface area contributed by atoms with Gasteiger partial charge in [-0.25, -0.2) is 14.3 Å². The van der Waals surface area contributed by atoms with Gasteiger partial charge in [-0.05, 0) is 54.6 Å². The second kappa shape index (κ2) is 8.17. The van der Waals surface area contributed by atoms with Crippen LogP contribution in [0.5, 0.6) is 11.5 Å². The van der Waals surface area contributed by atoms with Crippen LogP contribution in [0.15, 0.2) is 91.0 Å². The lowest BCUT2D eigenvalue weighted by Gasteiger charge is -2.10. The topological polar surface area (TPSA) is 76.7 Å². The van der Waals surface area contributed by atoms with E-state index < -0.39 is 5.97 Å². The van der Waals surface area contributed by atoms with Gasteiger partial charge in [0.15, 0.2) is 11.3 Å². The van der Waals surface area contributed by atoms with E-state index >= 15 is 0 Å². The number of carbonyl (C=O) groups is 1. The van der Waals surface area contributed by atoms with Gasteiger partial charge in [-0.1, -0.05) is 41.9 Å². The van der Waals surface area contributed by atoms with Crippen LogP contribution in [0.25, 0.3) is 28.2 Å². The predicted molar refractivity (Wildman–Crippen MR) is 122 cm³/mol. The normalized spacial score (nSPS) is 10.9. The zero-order chi connectivity index (χ0) is 22.1. The minimum Gasteiger partial charge on any atom is -0.476 e. The molecule has 3 aromatic carbocycles. The molecule has 0 atom stereocenters. The molecule has 0 bridgehead atoms. The van der Waals surface area contributed by atoms with Gasteiger partial charge < -0.3 is 9.84 Å². The molecule has 0 aliphatic heterocycles. The zero-order valence-electron chi connectivity index (χ0n) is 16.6. The van der Waals surface area contributed by atoms with Crippen LogP contribution in [-0.2, 0) is 0 Å². The van der Waals surface area contributed by atoms with E-state index in [1.54, 1.807) is 12.1 Å². The van der Waals surface area contributed by atoms with Gasteiger partial charge in [-0.15, -0.1) is 0 Å². The summed E-state index contributed by atoms with van der Waals surface area (Å²) in [5.74, 6) is 0.350. The number of halogens is 1. The molecule has 0 fully saturated rings. The molecule has 6 nitrogen and oxygen atoms in total. The van der Waals surface area contributed by atoms with Crippen LogP contribution in [0.1, 0.15) is 10.5 Å². The van der Waals surface area contributed by atoms with Gasteiger partial charge in [-0.3, -0.25) is 0 Å². The molecule has 2 aromatic heterocycles. The number of carboxylic acid groups (broad SMARTS) is 1. The van der Waals surface area contributed by atoms with Gasteiger partial charge in [0, 0.05) is 22.2 Å². The van der Waals surface area contributed by atoms with Gasteiger partial charge in [0.2, 0.25) is 0 Å². The summed E-state index contributed by atoms with van der Waals surface area (Å²) < 4.78 is 7.39. The Bertz CT molecular complexity index is 1410. The molecule has 0 radical (unpaired) electrons. The van der Waals surface area contributed by atoms with E-state index in [1.807, 2.05) is 72.8 Å². The van der Waals surface area contributed by atoms with Crippen molar-refractivity contribution in [3.63, 3.8) is 0 Å². The van der Waals surface area contributed by atoms with Crippen molar-refractivity contribution in [2.45, 2.75) is 0 Å².